The highest BCUT2D eigenvalue weighted by Gasteiger charge is 2.33. The molecule has 2 aromatic carbocycles. The van der Waals surface area contributed by atoms with Crippen molar-refractivity contribution in [3.05, 3.63) is 77.1 Å². The highest BCUT2D eigenvalue weighted by Crippen LogP contribution is 2.44. The molecule has 1 aliphatic carbocycles. The van der Waals surface area contributed by atoms with Gasteiger partial charge in [-0.2, -0.15) is 0 Å². The molecule has 37 heavy (non-hydrogen) atoms. The molecule has 1 atom stereocenters. The molecule has 0 bridgehead atoms. The number of fused-ring (bicyclic) bond motifs is 5. The highest BCUT2D eigenvalue weighted by molar-refractivity contribution is 6.13. The Hall–Kier alpha value is -3.84. The molecule has 7 heteroatoms. The molecule has 5 aromatic rings. The lowest BCUT2D eigenvalue weighted by Gasteiger charge is -2.33. The Kier molecular flexibility index (Phi) is 5.22. The van der Waals surface area contributed by atoms with Crippen LogP contribution in [0.3, 0.4) is 0 Å². The first-order chi connectivity index (χ1) is 18.1. The molecule has 1 aliphatic heterocycles. The first kappa shape index (κ1) is 22.4. The van der Waals surface area contributed by atoms with E-state index >= 15 is 0 Å². The van der Waals surface area contributed by atoms with Gasteiger partial charge in [0.1, 0.15) is 0 Å². The average Bonchev–Trinajstić information content (AvgIpc) is 3.58. The van der Waals surface area contributed by atoms with Crippen LogP contribution < -0.4 is 0 Å². The van der Waals surface area contributed by atoms with Crippen LogP contribution in [0.5, 0.6) is 0 Å². The molecule has 2 aliphatic rings. The molecule has 186 valence electrons. The van der Waals surface area contributed by atoms with Crippen molar-refractivity contribution in [2.45, 2.75) is 38.6 Å². The van der Waals surface area contributed by atoms with Gasteiger partial charge in [0.05, 0.1) is 34.0 Å². The van der Waals surface area contributed by atoms with Crippen LogP contribution in [0.1, 0.15) is 52.5 Å². The third-order valence-electron chi connectivity index (χ3n) is 8.21. The summed E-state index contributed by atoms with van der Waals surface area (Å²) in [6.07, 6.45) is 5.26. The Morgan fingerprint density at radius 3 is 2.62 bits per heavy atom. The quantitative estimate of drug-likeness (QED) is 0.335. The van der Waals surface area contributed by atoms with Crippen molar-refractivity contribution in [3.8, 4) is 11.3 Å². The van der Waals surface area contributed by atoms with Crippen molar-refractivity contribution in [3.63, 3.8) is 0 Å². The number of carbonyl (C=O) groups excluding carboxylic acids is 1. The second kappa shape index (κ2) is 8.63. The van der Waals surface area contributed by atoms with Crippen molar-refractivity contribution in [2.24, 2.45) is 13.0 Å². The number of ketones is 1. The number of aryl methyl sites for hydroxylation is 3. The maximum Gasteiger partial charge on any atom is 0.163 e. The molecule has 0 saturated carbocycles. The fraction of sp³-hybridized carbons (Fsp3) is 0.333. The summed E-state index contributed by atoms with van der Waals surface area (Å²) in [7, 11) is 1.92. The molecule has 3 aromatic heterocycles. The van der Waals surface area contributed by atoms with E-state index in [0.717, 1.165) is 82.5 Å². The van der Waals surface area contributed by atoms with E-state index in [1.807, 2.05) is 30.9 Å². The number of hydrogen-bond donors (Lipinski definition) is 0. The predicted octanol–water partition coefficient (Wildman–Crippen LogP) is 5.44. The third-order valence-corrected chi connectivity index (χ3v) is 8.21. The number of benzene rings is 2. The molecule has 1 fully saturated rings. The summed E-state index contributed by atoms with van der Waals surface area (Å²) in [6.45, 7) is 3.52. The van der Waals surface area contributed by atoms with Gasteiger partial charge in [0.25, 0.3) is 0 Å². The monoisotopic (exact) mass is 491 g/mol. The number of nitrogens with zero attached hydrogens (tertiary/aromatic N) is 5. The van der Waals surface area contributed by atoms with Gasteiger partial charge < -0.3 is 9.30 Å². The summed E-state index contributed by atoms with van der Waals surface area (Å²) in [6, 6.07) is 17.2. The van der Waals surface area contributed by atoms with Gasteiger partial charge in [-0.15, -0.1) is 5.10 Å². The fourth-order valence-electron chi connectivity index (χ4n) is 6.54. The van der Waals surface area contributed by atoms with Gasteiger partial charge in [-0.25, -0.2) is 4.68 Å². The van der Waals surface area contributed by atoms with E-state index in [9.17, 15) is 4.79 Å². The number of rotatable bonds is 4. The van der Waals surface area contributed by atoms with Crippen molar-refractivity contribution in [1.29, 1.82) is 0 Å². The SMILES string of the molecule is Cc1nnn(C)c1-c1cnc2c3ccc4c(c3n(C(c3ccccc3)C3CCOCC3)c2c1)CCC4=O. The molecule has 0 amide bonds. The van der Waals surface area contributed by atoms with Crippen LogP contribution in [0, 0.1) is 12.8 Å². The minimum atomic E-state index is 0.107. The number of aromatic nitrogens is 5. The van der Waals surface area contributed by atoms with E-state index in [4.69, 9.17) is 9.72 Å². The van der Waals surface area contributed by atoms with Gasteiger partial charge in [-0.05, 0) is 55.4 Å². The molecule has 0 radical (unpaired) electrons. The fourth-order valence-corrected chi connectivity index (χ4v) is 6.54. The molecule has 7 rings (SSSR count). The smallest absolute Gasteiger partial charge is 0.163 e. The topological polar surface area (TPSA) is 74.8 Å². The summed E-state index contributed by atoms with van der Waals surface area (Å²) < 4.78 is 10.1. The maximum absolute atomic E-state index is 12.8. The summed E-state index contributed by atoms with van der Waals surface area (Å²) in [4.78, 5) is 17.8. The minimum Gasteiger partial charge on any atom is -0.381 e. The number of carbonyl (C=O) groups is 1. The lowest BCUT2D eigenvalue weighted by atomic mass is 9.86. The van der Waals surface area contributed by atoms with E-state index in [1.165, 1.54) is 5.56 Å². The van der Waals surface area contributed by atoms with Crippen molar-refractivity contribution < 1.29 is 9.53 Å². The first-order valence-corrected chi connectivity index (χ1v) is 13.1. The molecular weight excluding hydrogens is 462 g/mol. The summed E-state index contributed by atoms with van der Waals surface area (Å²) in [5.74, 6) is 0.646. The van der Waals surface area contributed by atoms with Crippen molar-refractivity contribution in [2.75, 3.05) is 13.2 Å². The second-order valence-corrected chi connectivity index (χ2v) is 10.3. The normalized spacial score (nSPS) is 17.1. The number of ether oxygens (including phenoxy) is 1. The van der Waals surface area contributed by atoms with Crippen LogP contribution >= 0.6 is 0 Å². The van der Waals surface area contributed by atoms with Crippen LogP contribution in [-0.2, 0) is 18.2 Å². The van der Waals surface area contributed by atoms with Gasteiger partial charge in [0.2, 0.25) is 0 Å². The zero-order chi connectivity index (χ0) is 25.1. The van der Waals surface area contributed by atoms with Crippen molar-refractivity contribution >= 4 is 27.7 Å². The Labute approximate surface area is 215 Å². The van der Waals surface area contributed by atoms with Crippen LogP contribution in [0.25, 0.3) is 33.2 Å². The highest BCUT2D eigenvalue weighted by atomic mass is 16.5. The lowest BCUT2D eigenvalue weighted by molar-refractivity contribution is 0.0552. The number of Topliss-reactive ketones (excluding diaryl/α,β-unsaturated/α-hetero) is 1. The third kappa shape index (κ3) is 3.44. The summed E-state index contributed by atoms with van der Waals surface area (Å²) in [5, 5.41) is 9.62. The molecule has 1 saturated heterocycles. The minimum absolute atomic E-state index is 0.107. The maximum atomic E-state index is 12.8. The largest absolute Gasteiger partial charge is 0.381 e. The Bertz CT molecular complexity index is 1640. The van der Waals surface area contributed by atoms with E-state index in [-0.39, 0.29) is 11.8 Å². The van der Waals surface area contributed by atoms with Gasteiger partial charge in [0.15, 0.2) is 5.78 Å². The van der Waals surface area contributed by atoms with E-state index in [0.29, 0.717) is 12.3 Å². The lowest BCUT2D eigenvalue weighted by Crippen LogP contribution is -2.27. The zero-order valence-corrected chi connectivity index (χ0v) is 21.1. The standard InChI is InChI=1S/C30H29N5O2/c1-18-28(34(2)33-32-18)21-16-25-27(31-17-21)24-9-8-22-23(10-11-26(22)36)30(24)35(25)29(19-6-4-3-5-7-19)20-12-14-37-15-13-20/h3-9,16-17,20,29H,10-15H2,1-2H3. The van der Waals surface area contributed by atoms with Gasteiger partial charge in [0, 0.05) is 49.4 Å². The molecular formula is C30H29N5O2. The number of hydrogen-bond acceptors (Lipinski definition) is 5. The van der Waals surface area contributed by atoms with Gasteiger partial charge >= 0.3 is 0 Å². The average molecular weight is 492 g/mol. The van der Waals surface area contributed by atoms with Gasteiger partial charge in [-0.1, -0.05) is 41.6 Å². The Morgan fingerprint density at radius 1 is 1.05 bits per heavy atom. The predicted molar refractivity (Wildman–Crippen MR) is 143 cm³/mol. The summed E-state index contributed by atoms with van der Waals surface area (Å²) >= 11 is 0. The Balaban J connectivity index is 1.59. The van der Waals surface area contributed by atoms with E-state index in [2.05, 4.69) is 57.3 Å². The Morgan fingerprint density at radius 2 is 1.86 bits per heavy atom. The van der Waals surface area contributed by atoms with Gasteiger partial charge in [-0.3, -0.25) is 9.78 Å². The van der Waals surface area contributed by atoms with E-state index in [1.54, 1.807) is 0 Å². The van der Waals surface area contributed by atoms with E-state index < -0.39 is 0 Å². The molecule has 0 spiro atoms. The molecule has 4 heterocycles. The first-order valence-electron chi connectivity index (χ1n) is 13.1. The molecule has 7 nitrogen and oxygen atoms in total. The second-order valence-electron chi connectivity index (χ2n) is 10.3. The molecule has 1 unspecified atom stereocenters. The number of pyridine rings is 1. The van der Waals surface area contributed by atoms with Crippen LogP contribution in [-0.4, -0.2) is 43.5 Å². The van der Waals surface area contributed by atoms with Crippen molar-refractivity contribution in [1.82, 2.24) is 24.5 Å². The molecule has 0 N–H and O–H groups in total. The van der Waals surface area contributed by atoms with Crippen LogP contribution in [0.4, 0.5) is 0 Å². The van der Waals surface area contributed by atoms with Crippen LogP contribution in [0.15, 0.2) is 54.7 Å². The zero-order valence-electron chi connectivity index (χ0n) is 21.1. The van der Waals surface area contributed by atoms with Crippen LogP contribution in [0.2, 0.25) is 0 Å². The summed E-state index contributed by atoms with van der Waals surface area (Å²) in [5.41, 5.74) is 9.35.